The smallest absolute Gasteiger partial charge is 0.237 e. The Balaban J connectivity index is 1.50. The minimum atomic E-state index is -0.375. The van der Waals surface area contributed by atoms with E-state index < -0.39 is 0 Å². The standard InChI is InChI=1S/C23H26N4O2/c24-13-18-7-4-11-27(18)21(28)15-26-12-10-17(14-26)22(23(25)29)20-9-3-6-16-5-1-2-8-19(16)20/h1-3,5-6,8-9,17-18,22H,4,7,10-12,14-15H2,(H2,25,29)/t17-,18+,22?/m1/s1. The molecule has 2 N–H and O–H groups in total. The quantitative estimate of drug-likeness (QED) is 0.848. The third kappa shape index (κ3) is 3.83. The summed E-state index contributed by atoms with van der Waals surface area (Å²) >= 11 is 0. The maximum atomic E-state index is 12.7. The summed E-state index contributed by atoms with van der Waals surface area (Å²) in [6.07, 6.45) is 2.47. The first-order valence-corrected chi connectivity index (χ1v) is 10.3. The van der Waals surface area contributed by atoms with E-state index >= 15 is 0 Å². The maximum Gasteiger partial charge on any atom is 0.237 e. The molecule has 2 amide bonds. The van der Waals surface area contributed by atoms with E-state index in [1.54, 1.807) is 4.90 Å². The molecule has 2 aromatic carbocycles. The summed E-state index contributed by atoms with van der Waals surface area (Å²) in [4.78, 5) is 28.9. The van der Waals surface area contributed by atoms with Crippen molar-refractivity contribution in [2.24, 2.45) is 11.7 Å². The van der Waals surface area contributed by atoms with Gasteiger partial charge in [0.2, 0.25) is 11.8 Å². The Morgan fingerprint density at radius 2 is 1.93 bits per heavy atom. The average molecular weight is 390 g/mol. The number of rotatable bonds is 5. The molecule has 0 radical (unpaired) electrons. The first-order chi connectivity index (χ1) is 14.1. The number of nitrogens with zero attached hydrogens (tertiary/aromatic N) is 3. The summed E-state index contributed by atoms with van der Waals surface area (Å²) in [6.45, 7) is 2.38. The second kappa shape index (κ2) is 8.22. The van der Waals surface area contributed by atoms with Gasteiger partial charge >= 0.3 is 0 Å². The van der Waals surface area contributed by atoms with Gasteiger partial charge in [-0.3, -0.25) is 14.5 Å². The molecule has 6 heteroatoms. The van der Waals surface area contributed by atoms with E-state index in [-0.39, 0.29) is 29.7 Å². The molecular formula is C23H26N4O2. The Hall–Kier alpha value is -2.91. The van der Waals surface area contributed by atoms with E-state index in [0.29, 0.717) is 19.6 Å². The molecule has 3 atom stereocenters. The minimum absolute atomic E-state index is 0.00971. The summed E-state index contributed by atoms with van der Waals surface area (Å²) in [6, 6.07) is 16.0. The van der Waals surface area contributed by atoms with E-state index in [0.717, 1.165) is 42.1 Å². The summed E-state index contributed by atoms with van der Waals surface area (Å²) in [7, 11) is 0. The molecule has 2 aromatic rings. The molecule has 0 bridgehead atoms. The Bertz CT molecular complexity index is 961. The zero-order valence-corrected chi connectivity index (χ0v) is 16.5. The monoisotopic (exact) mass is 390 g/mol. The molecule has 2 aliphatic rings. The van der Waals surface area contributed by atoms with Crippen molar-refractivity contribution in [2.75, 3.05) is 26.2 Å². The van der Waals surface area contributed by atoms with Crippen LogP contribution in [0.15, 0.2) is 42.5 Å². The van der Waals surface area contributed by atoms with E-state index in [1.165, 1.54) is 0 Å². The Morgan fingerprint density at radius 3 is 2.72 bits per heavy atom. The summed E-state index contributed by atoms with van der Waals surface area (Å²) in [5.74, 6) is -0.601. The van der Waals surface area contributed by atoms with Crippen LogP contribution in [0.5, 0.6) is 0 Å². The van der Waals surface area contributed by atoms with Crippen LogP contribution < -0.4 is 5.73 Å². The number of nitriles is 1. The van der Waals surface area contributed by atoms with Crippen LogP contribution in [-0.2, 0) is 9.59 Å². The number of carbonyl (C=O) groups excluding carboxylic acids is 2. The van der Waals surface area contributed by atoms with Crippen molar-refractivity contribution in [1.82, 2.24) is 9.80 Å². The lowest BCUT2D eigenvalue weighted by Crippen LogP contribution is -2.42. The van der Waals surface area contributed by atoms with Crippen LogP contribution in [0.4, 0.5) is 0 Å². The zero-order valence-electron chi connectivity index (χ0n) is 16.5. The van der Waals surface area contributed by atoms with Gasteiger partial charge < -0.3 is 10.6 Å². The van der Waals surface area contributed by atoms with Gasteiger partial charge in [-0.1, -0.05) is 42.5 Å². The van der Waals surface area contributed by atoms with Gasteiger partial charge in [0.1, 0.15) is 6.04 Å². The summed E-state index contributed by atoms with van der Waals surface area (Å²) < 4.78 is 0. The number of hydrogen-bond acceptors (Lipinski definition) is 4. The Labute approximate surface area is 170 Å². The van der Waals surface area contributed by atoms with Crippen LogP contribution >= 0.6 is 0 Å². The van der Waals surface area contributed by atoms with E-state index in [9.17, 15) is 14.9 Å². The van der Waals surface area contributed by atoms with E-state index in [1.807, 2.05) is 42.5 Å². The number of amides is 2. The average Bonchev–Trinajstić information content (AvgIpc) is 3.37. The van der Waals surface area contributed by atoms with Crippen LogP contribution in [0.1, 0.15) is 30.7 Å². The lowest BCUT2D eigenvalue weighted by molar-refractivity contribution is -0.132. The van der Waals surface area contributed by atoms with Crippen molar-refractivity contribution in [2.45, 2.75) is 31.2 Å². The highest BCUT2D eigenvalue weighted by Gasteiger charge is 2.36. The van der Waals surface area contributed by atoms with Gasteiger partial charge in [0, 0.05) is 13.1 Å². The summed E-state index contributed by atoms with van der Waals surface area (Å²) in [5.41, 5.74) is 6.82. The minimum Gasteiger partial charge on any atom is -0.369 e. The normalized spacial score (nSPS) is 23.2. The maximum absolute atomic E-state index is 12.7. The van der Waals surface area contributed by atoms with Crippen molar-refractivity contribution in [3.05, 3.63) is 48.0 Å². The molecule has 2 heterocycles. The van der Waals surface area contributed by atoms with Crippen molar-refractivity contribution >= 4 is 22.6 Å². The van der Waals surface area contributed by atoms with Crippen LogP contribution in [0.25, 0.3) is 10.8 Å². The highest BCUT2D eigenvalue weighted by molar-refractivity contribution is 5.92. The number of nitrogens with two attached hydrogens (primary N) is 1. The molecule has 29 heavy (non-hydrogen) atoms. The second-order valence-electron chi connectivity index (χ2n) is 8.11. The largest absolute Gasteiger partial charge is 0.369 e. The highest BCUT2D eigenvalue weighted by Crippen LogP contribution is 2.35. The topological polar surface area (TPSA) is 90.4 Å². The molecule has 150 valence electrons. The van der Waals surface area contributed by atoms with E-state index in [2.05, 4.69) is 11.0 Å². The van der Waals surface area contributed by atoms with Gasteiger partial charge in [0.05, 0.1) is 18.5 Å². The third-order valence-electron chi connectivity index (χ3n) is 6.33. The first-order valence-electron chi connectivity index (χ1n) is 10.3. The van der Waals surface area contributed by atoms with Crippen molar-refractivity contribution in [1.29, 1.82) is 5.26 Å². The molecule has 0 spiro atoms. The van der Waals surface area contributed by atoms with Crippen LogP contribution in [0.2, 0.25) is 0 Å². The number of fused-ring (bicyclic) bond motifs is 1. The van der Waals surface area contributed by atoms with Gasteiger partial charge in [-0.05, 0) is 48.1 Å². The van der Waals surface area contributed by atoms with Gasteiger partial charge in [0.15, 0.2) is 0 Å². The highest BCUT2D eigenvalue weighted by atomic mass is 16.2. The molecule has 0 aromatic heterocycles. The third-order valence-corrected chi connectivity index (χ3v) is 6.33. The fourth-order valence-corrected chi connectivity index (χ4v) is 4.92. The molecule has 1 unspecified atom stereocenters. The summed E-state index contributed by atoms with van der Waals surface area (Å²) in [5, 5.41) is 11.4. The van der Waals surface area contributed by atoms with Gasteiger partial charge in [-0.2, -0.15) is 5.26 Å². The number of benzene rings is 2. The van der Waals surface area contributed by atoms with Crippen molar-refractivity contribution < 1.29 is 9.59 Å². The van der Waals surface area contributed by atoms with Gasteiger partial charge in [0.25, 0.3) is 0 Å². The van der Waals surface area contributed by atoms with Crippen LogP contribution in [-0.4, -0.2) is 53.8 Å². The molecule has 2 saturated heterocycles. The van der Waals surface area contributed by atoms with Crippen LogP contribution in [0.3, 0.4) is 0 Å². The lowest BCUT2D eigenvalue weighted by Gasteiger charge is -2.25. The molecule has 6 nitrogen and oxygen atoms in total. The Morgan fingerprint density at radius 1 is 1.14 bits per heavy atom. The predicted octanol–water partition coefficient (Wildman–Crippen LogP) is 2.25. The Kier molecular flexibility index (Phi) is 5.50. The lowest BCUT2D eigenvalue weighted by atomic mass is 9.82. The number of primary amides is 1. The van der Waals surface area contributed by atoms with Gasteiger partial charge in [-0.25, -0.2) is 0 Å². The molecule has 2 aliphatic heterocycles. The van der Waals surface area contributed by atoms with Gasteiger partial charge in [-0.15, -0.1) is 0 Å². The molecule has 2 fully saturated rings. The van der Waals surface area contributed by atoms with Crippen molar-refractivity contribution in [3.63, 3.8) is 0 Å². The van der Waals surface area contributed by atoms with Crippen molar-refractivity contribution in [3.8, 4) is 6.07 Å². The second-order valence-corrected chi connectivity index (χ2v) is 8.11. The fraction of sp³-hybridized carbons (Fsp3) is 0.435. The number of carbonyl (C=O) groups is 2. The first kappa shape index (κ1) is 19.4. The predicted molar refractivity (Wildman–Crippen MR) is 111 cm³/mol. The molecule has 0 aliphatic carbocycles. The number of hydrogen-bond donors (Lipinski definition) is 1. The fourth-order valence-electron chi connectivity index (χ4n) is 4.92. The van der Waals surface area contributed by atoms with E-state index in [4.69, 9.17) is 5.73 Å². The molecular weight excluding hydrogens is 364 g/mol. The zero-order chi connectivity index (χ0) is 20.4. The molecule has 0 saturated carbocycles. The van der Waals surface area contributed by atoms with Crippen LogP contribution in [0, 0.1) is 17.2 Å². The molecule has 4 rings (SSSR count). The number of likely N-dealkylation sites (tertiary alicyclic amines) is 2. The SMILES string of the molecule is N#C[C@@H]1CCCN1C(=O)CN1CC[C@@H](C(C(N)=O)c2cccc3ccccc23)C1.